The molecule has 0 saturated heterocycles. The van der Waals surface area contributed by atoms with Crippen molar-refractivity contribution >= 4 is 11.9 Å². The quantitative estimate of drug-likeness (QED) is 0.857. The van der Waals surface area contributed by atoms with Crippen molar-refractivity contribution in [2.75, 3.05) is 6.61 Å². The number of nitrogens with zero attached hydrogens (tertiary/aromatic N) is 2. The summed E-state index contributed by atoms with van der Waals surface area (Å²) in [4.78, 5) is 22.5. The summed E-state index contributed by atoms with van der Waals surface area (Å²) in [6.07, 6.45) is 0.179. The van der Waals surface area contributed by atoms with Crippen molar-refractivity contribution in [3.05, 3.63) is 46.8 Å². The highest BCUT2D eigenvalue weighted by Gasteiger charge is 2.16. The fourth-order valence-corrected chi connectivity index (χ4v) is 2.28. The molecule has 0 saturated carbocycles. The Bertz CT molecular complexity index is 702. The van der Waals surface area contributed by atoms with E-state index in [1.165, 1.54) is 12.1 Å². The number of carbonyl (C=O) groups excluding carboxylic acids is 1. The molecule has 1 N–H and O–H groups in total. The summed E-state index contributed by atoms with van der Waals surface area (Å²) >= 11 is 0. The predicted molar refractivity (Wildman–Crippen MR) is 80.3 cm³/mol. The van der Waals surface area contributed by atoms with Crippen LogP contribution in [-0.4, -0.2) is 33.4 Å². The van der Waals surface area contributed by atoms with E-state index in [4.69, 9.17) is 9.84 Å². The van der Waals surface area contributed by atoms with Crippen molar-refractivity contribution < 1.29 is 19.4 Å². The Morgan fingerprint density at radius 2 is 1.86 bits per heavy atom. The van der Waals surface area contributed by atoms with Crippen LogP contribution in [0.3, 0.4) is 0 Å². The molecule has 2 rings (SSSR count). The molecule has 1 aromatic carbocycles. The van der Waals surface area contributed by atoms with E-state index in [2.05, 4.69) is 5.10 Å². The number of carboxylic acid groups (broad SMARTS) is 1. The number of hydrogen-bond acceptors (Lipinski definition) is 4. The van der Waals surface area contributed by atoms with Gasteiger partial charge in [-0.15, -0.1) is 0 Å². The van der Waals surface area contributed by atoms with Gasteiger partial charge in [-0.3, -0.25) is 4.79 Å². The van der Waals surface area contributed by atoms with E-state index in [-0.39, 0.29) is 18.0 Å². The Hall–Kier alpha value is -2.63. The number of hydrogen-bond donors (Lipinski definition) is 1. The molecule has 1 aromatic heterocycles. The molecule has 0 amide bonds. The number of carboxylic acids is 1. The number of rotatable bonds is 5. The lowest BCUT2D eigenvalue weighted by atomic mass is 10.1. The highest BCUT2D eigenvalue weighted by atomic mass is 16.5. The van der Waals surface area contributed by atoms with Crippen LogP contribution in [0.1, 0.15) is 34.2 Å². The van der Waals surface area contributed by atoms with Crippen LogP contribution in [0.4, 0.5) is 0 Å². The topological polar surface area (TPSA) is 81.4 Å². The number of aromatic nitrogens is 2. The van der Waals surface area contributed by atoms with Gasteiger partial charge in [-0.1, -0.05) is 0 Å². The lowest BCUT2D eigenvalue weighted by Gasteiger charge is -2.06. The highest BCUT2D eigenvalue weighted by Crippen LogP contribution is 2.19. The van der Waals surface area contributed by atoms with E-state index in [0.717, 1.165) is 22.6 Å². The molecule has 6 heteroatoms. The SMILES string of the molecule is CCOC(=O)Cc1c(C)nn(-c2ccc(C(=O)O)cc2)c1C. The summed E-state index contributed by atoms with van der Waals surface area (Å²) < 4.78 is 6.68. The molecule has 0 spiro atoms. The van der Waals surface area contributed by atoms with Crippen LogP contribution in [-0.2, 0) is 16.0 Å². The monoisotopic (exact) mass is 302 g/mol. The Labute approximate surface area is 128 Å². The van der Waals surface area contributed by atoms with Gasteiger partial charge in [0.25, 0.3) is 0 Å². The summed E-state index contributed by atoms with van der Waals surface area (Å²) in [5, 5.41) is 13.4. The maximum Gasteiger partial charge on any atom is 0.335 e. The third kappa shape index (κ3) is 3.16. The number of esters is 1. The average molecular weight is 302 g/mol. The maximum atomic E-state index is 11.7. The first kappa shape index (κ1) is 15.8. The van der Waals surface area contributed by atoms with Gasteiger partial charge in [0.05, 0.1) is 30.0 Å². The standard InChI is InChI=1S/C16H18N2O4/c1-4-22-15(19)9-14-10(2)17-18(11(14)3)13-7-5-12(6-8-13)16(20)21/h5-8H,4,9H2,1-3H3,(H,20,21). The summed E-state index contributed by atoms with van der Waals surface area (Å²) in [5.74, 6) is -1.25. The van der Waals surface area contributed by atoms with Gasteiger partial charge in [0, 0.05) is 11.3 Å². The second kappa shape index (κ2) is 6.43. The van der Waals surface area contributed by atoms with Crippen molar-refractivity contribution in [3.8, 4) is 5.69 Å². The first-order valence-corrected chi connectivity index (χ1v) is 6.98. The number of benzene rings is 1. The Morgan fingerprint density at radius 1 is 1.23 bits per heavy atom. The molecular weight excluding hydrogens is 284 g/mol. The second-order valence-corrected chi connectivity index (χ2v) is 4.90. The van der Waals surface area contributed by atoms with Crippen molar-refractivity contribution in [2.24, 2.45) is 0 Å². The number of carbonyl (C=O) groups is 2. The average Bonchev–Trinajstić information content (AvgIpc) is 2.76. The summed E-state index contributed by atoms with van der Waals surface area (Å²) in [7, 11) is 0. The highest BCUT2D eigenvalue weighted by molar-refractivity contribution is 5.87. The van der Waals surface area contributed by atoms with E-state index in [1.807, 2.05) is 13.8 Å². The molecule has 2 aromatic rings. The summed E-state index contributed by atoms with van der Waals surface area (Å²) in [5.41, 5.74) is 3.40. The Kier molecular flexibility index (Phi) is 4.60. The number of aryl methyl sites for hydroxylation is 1. The molecular formula is C16H18N2O4. The van der Waals surface area contributed by atoms with Crippen LogP contribution in [0.2, 0.25) is 0 Å². The fourth-order valence-electron chi connectivity index (χ4n) is 2.28. The molecule has 0 atom stereocenters. The predicted octanol–water partition coefficient (Wildman–Crippen LogP) is 2.29. The van der Waals surface area contributed by atoms with Gasteiger partial charge in [-0.25, -0.2) is 9.48 Å². The van der Waals surface area contributed by atoms with E-state index in [9.17, 15) is 9.59 Å². The van der Waals surface area contributed by atoms with Gasteiger partial charge in [-0.2, -0.15) is 5.10 Å². The van der Waals surface area contributed by atoms with Crippen LogP contribution in [0.5, 0.6) is 0 Å². The van der Waals surface area contributed by atoms with Crippen LogP contribution >= 0.6 is 0 Å². The van der Waals surface area contributed by atoms with Crippen molar-refractivity contribution in [2.45, 2.75) is 27.2 Å². The maximum absolute atomic E-state index is 11.7. The largest absolute Gasteiger partial charge is 0.478 e. The number of aromatic carboxylic acids is 1. The second-order valence-electron chi connectivity index (χ2n) is 4.90. The lowest BCUT2D eigenvalue weighted by molar-refractivity contribution is -0.142. The summed E-state index contributed by atoms with van der Waals surface area (Å²) in [6.45, 7) is 5.83. The Morgan fingerprint density at radius 3 is 2.41 bits per heavy atom. The molecule has 22 heavy (non-hydrogen) atoms. The molecule has 0 fully saturated rings. The van der Waals surface area contributed by atoms with Crippen molar-refractivity contribution in [1.82, 2.24) is 9.78 Å². The van der Waals surface area contributed by atoms with Gasteiger partial charge >= 0.3 is 11.9 Å². The van der Waals surface area contributed by atoms with Gasteiger partial charge in [0.2, 0.25) is 0 Å². The summed E-state index contributed by atoms with van der Waals surface area (Å²) in [6, 6.07) is 6.44. The zero-order valence-corrected chi connectivity index (χ0v) is 12.8. The van der Waals surface area contributed by atoms with Crippen molar-refractivity contribution in [1.29, 1.82) is 0 Å². The molecule has 0 radical (unpaired) electrons. The van der Waals surface area contributed by atoms with Gasteiger partial charge in [-0.05, 0) is 45.0 Å². The third-order valence-corrected chi connectivity index (χ3v) is 3.43. The van der Waals surface area contributed by atoms with E-state index in [1.54, 1.807) is 23.7 Å². The van der Waals surface area contributed by atoms with Crippen LogP contribution in [0, 0.1) is 13.8 Å². The zero-order valence-electron chi connectivity index (χ0n) is 12.8. The first-order valence-electron chi connectivity index (χ1n) is 6.98. The molecule has 0 bridgehead atoms. The fraction of sp³-hybridized carbons (Fsp3) is 0.312. The van der Waals surface area contributed by atoms with Crippen LogP contribution in [0.25, 0.3) is 5.69 Å². The smallest absolute Gasteiger partial charge is 0.335 e. The van der Waals surface area contributed by atoms with Gasteiger partial charge in [0.15, 0.2) is 0 Å². The van der Waals surface area contributed by atoms with Crippen molar-refractivity contribution in [3.63, 3.8) is 0 Å². The molecule has 0 aliphatic heterocycles. The van der Waals surface area contributed by atoms with Gasteiger partial charge in [0.1, 0.15) is 0 Å². The van der Waals surface area contributed by atoms with E-state index < -0.39 is 5.97 Å². The molecule has 6 nitrogen and oxygen atoms in total. The van der Waals surface area contributed by atoms with Crippen LogP contribution in [0.15, 0.2) is 24.3 Å². The van der Waals surface area contributed by atoms with E-state index >= 15 is 0 Å². The normalized spacial score (nSPS) is 10.5. The third-order valence-electron chi connectivity index (χ3n) is 3.43. The molecule has 116 valence electrons. The van der Waals surface area contributed by atoms with Gasteiger partial charge < -0.3 is 9.84 Å². The lowest BCUT2D eigenvalue weighted by Crippen LogP contribution is -2.09. The minimum Gasteiger partial charge on any atom is -0.478 e. The minimum absolute atomic E-state index is 0.179. The molecule has 0 unspecified atom stereocenters. The number of ether oxygens (including phenoxy) is 1. The minimum atomic E-state index is -0.970. The molecule has 1 heterocycles. The first-order chi connectivity index (χ1) is 10.4. The molecule has 0 aliphatic carbocycles. The Balaban J connectivity index is 2.33. The van der Waals surface area contributed by atoms with Crippen LogP contribution < -0.4 is 0 Å². The van der Waals surface area contributed by atoms with E-state index in [0.29, 0.717) is 6.61 Å². The zero-order chi connectivity index (χ0) is 16.3. The molecule has 0 aliphatic rings.